The van der Waals surface area contributed by atoms with Gasteiger partial charge >= 0.3 is 0 Å². The molecular formula is C16H23N5O2. The van der Waals surface area contributed by atoms with Gasteiger partial charge < -0.3 is 9.42 Å². The highest BCUT2D eigenvalue weighted by Gasteiger charge is 2.31. The van der Waals surface area contributed by atoms with Crippen molar-refractivity contribution in [2.24, 2.45) is 7.05 Å². The molecule has 7 heteroatoms. The van der Waals surface area contributed by atoms with Crippen molar-refractivity contribution in [1.82, 2.24) is 24.8 Å². The summed E-state index contributed by atoms with van der Waals surface area (Å²) in [6, 6.07) is 0. The van der Waals surface area contributed by atoms with E-state index in [9.17, 15) is 4.79 Å². The highest BCUT2D eigenvalue weighted by Crippen LogP contribution is 2.27. The van der Waals surface area contributed by atoms with Crippen molar-refractivity contribution in [3.8, 4) is 0 Å². The molecule has 3 heterocycles. The Labute approximate surface area is 135 Å². The molecule has 1 atom stereocenters. The van der Waals surface area contributed by atoms with Gasteiger partial charge in [-0.2, -0.15) is 10.1 Å². The Kier molecular flexibility index (Phi) is 4.19. The minimum Gasteiger partial charge on any atom is -0.339 e. The Hall–Kier alpha value is -2.18. The lowest BCUT2D eigenvalue weighted by molar-refractivity contribution is 0.0694. The molecule has 0 spiro atoms. The molecule has 1 fully saturated rings. The minimum absolute atomic E-state index is 0.0491. The number of likely N-dealkylation sites (tertiary alicyclic amines) is 1. The second-order valence-corrected chi connectivity index (χ2v) is 6.16. The first kappa shape index (κ1) is 15.7. The van der Waals surface area contributed by atoms with Gasteiger partial charge in [0.2, 0.25) is 5.89 Å². The molecule has 0 saturated carbocycles. The minimum atomic E-state index is 0.0491. The van der Waals surface area contributed by atoms with Gasteiger partial charge in [0.15, 0.2) is 5.82 Å². The molecule has 1 aliphatic rings. The monoisotopic (exact) mass is 317 g/mol. The first-order valence-electron chi connectivity index (χ1n) is 8.13. The predicted octanol–water partition coefficient (Wildman–Crippen LogP) is 2.00. The molecule has 3 rings (SSSR count). The Bertz CT molecular complexity index is 718. The van der Waals surface area contributed by atoms with Gasteiger partial charge in [0.25, 0.3) is 5.91 Å². The molecule has 7 nitrogen and oxygen atoms in total. The molecule has 2 aromatic heterocycles. The van der Waals surface area contributed by atoms with Gasteiger partial charge in [-0.15, -0.1) is 0 Å². The fourth-order valence-corrected chi connectivity index (χ4v) is 3.18. The zero-order valence-electron chi connectivity index (χ0n) is 14.2. The van der Waals surface area contributed by atoms with E-state index in [1.54, 1.807) is 4.68 Å². The van der Waals surface area contributed by atoms with Gasteiger partial charge in [0.05, 0.1) is 17.2 Å². The topological polar surface area (TPSA) is 77.0 Å². The number of rotatable bonds is 3. The van der Waals surface area contributed by atoms with E-state index in [2.05, 4.69) is 15.2 Å². The van der Waals surface area contributed by atoms with Gasteiger partial charge in [-0.3, -0.25) is 9.48 Å². The molecule has 0 N–H and O–H groups in total. The van der Waals surface area contributed by atoms with E-state index < -0.39 is 0 Å². The normalized spacial score (nSPS) is 18.4. The third-order valence-corrected chi connectivity index (χ3v) is 4.58. The van der Waals surface area contributed by atoms with Crippen LogP contribution in [0, 0.1) is 13.8 Å². The average Bonchev–Trinajstić information content (AvgIpc) is 3.12. The van der Waals surface area contributed by atoms with Crippen LogP contribution in [0.2, 0.25) is 0 Å². The Morgan fingerprint density at radius 3 is 2.78 bits per heavy atom. The third kappa shape index (κ3) is 2.87. The van der Waals surface area contributed by atoms with Crippen LogP contribution in [0.25, 0.3) is 0 Å². The summed E-state index contributed by atoms with van der Waals surface area (Å²) in [6.07, 6.45) is 2.67. The number of amides is 1. The van der Waals surface area contributed by atoms with Crippen LogP contribution in [-0.4, -0.2) is 43.8 Å². The van der Waals surface area contributed by atoms with Crippen LogP contribution in [0.15, 0.2) is 4.52 Å². The standard InChI is InChI=1S/C16H23N5O2/c1-5-13-17-15(23-19-13)12-7-6-8-21(9-12)16(22)14-10(2)18-20(4)11(14)3/h12H,5-9H2,1-4H3. The molecule has 0 bridgehead atoms. The van der Waals surface area contributed by atoms with Crippen molar-refractivity contribution in [1.29, 1.82) is 0 Å². The molecular weight excluding hydrogens is 294 g/mol. The van der Waals surface area contributed by atoms with Crippen molar-refractivity contribution >= 4 is 5.91 Å². The van der Waals surface area contributed by atoms with Gasteiger partial charge in [0, 0.05) is 32.3 Å². The average molecular weight is 317 g/mol. The van der Waals surface area contributed by atoms with E-state index in [1.165, 1.54) is 0 Å². The lowest BCUT2D eigenvalue weighted by atomic mass is 9.97. The molecule has 23 heavy (non-hydrogen) atoms. The van der Waals surface area contributed by atoms with Crippen LogP contribution in [0.4, 0.5) is 0 Å². The number of hydrogen-bond acceptors (Lipinski definition) is 5. The zero-order chi connectivity index (χ0) is 16.6. The Morgan fingerprint density at radius 2 is 2.17 bits per heavy atom. The number of aromatic nitrogens is 4. The second kappa shape index (κ2) is 6.14. The summed E-state index contributed by atoms with van der Waals surface area (Å²) in [5, 5.41) is 8.31. The van der Waals surface area contributed by atoms with Crippen LogP contribution in [0.3, 0.4) is 0 Å². The van der Waals surface area contributed by atoms with Gasteiger partial charge in [-0.25, -0.2) is 0 Å². The van der Waals surface area contributed by atoms with E-state index in [4.69, 9.17) is 4.52 Å². The van der Waals surface area contributed by atoms with Crippen LogP contribution in [0.5, 0.6) is 0 Å². The number of carbonyl (C=O) groups excluding carboxylic acids is 1. The van der Waals surface area contributed by atoms with Crippen molar-refractivity contribution in [2.75, 3.05) is 13.1 Å². The Balaban J connectivity index is 1.79. The largest absolute Gasteiger partial charge is 0.339 e. The fraction of sp³-hybridized carbons (Fsp3) is 0.625. The SMILES string of the molecule is CCc1noc(C2CCCN(C(=O)c3c(C)nn(C)c3C)C2)n1. The number of aryl methyl sites for hydroxylation is 3. The quantitative estimate of drug-likeness (QED) is 0.865. The maximum Gasteiger partial charge on any atom is 0.257 e. The molecule has 0 radical (unpaired) electrons. The number of nitrogens with zero attached hydrogens (tertiary/aromatic N) is 5. The molecule has 124 valence electrons. The van der Waals surface area contributed by atoms with E-state index in [1.807, 2.05) is 32.7 Å². The zero-order valence-corrected chi connectivity index (χ0v) is 14.2. The second-order valence-electron chi connectivity index (χ2n) is 6.16. The van der Waals surface area contributed by atoms with Crippen molar-refractivity contribution in [3.63, 3.8) is 0 Å². The molecule has 1 aliphatic heterocycles. The van der Waals surface area contributed by atoms with Crippen LogP contribution in [-0.2, 0) is 13.5 Å². The fourth-order valence-electron chi connectivity index (χ4n) is 3.18. The summed E-state index contributed by atoms with van der Waals surface area (Å²) >= 11 is 0. The van der Waals surface area contributed by atoms with E-state index in [0.717, 1.165) is 43.0 Å². The van der Waals surface area contributed by atoms with Gasteiger partial charge in [-0.05, 0) is 26.7 Å². The van der Waals surface area contributed by atoms with E-state index in [-0.39, 0.29) is 11.8 Å². The van der Waals surface area contributed by atoms with Crippen molar-refractivity contribution in [3.05, 3.63) is 28.7 Å². The molecule has 0 aliphatic carbocycles. The first-order valence-corrected chi connectivity index (χ1v) is 8.13. The van der Waals surface area contributed by atoms with E-state index in [0.29, 0.717) is 18.0 Å². The summed E-state index contributed by atoms with van der Waals surface area (Å²) in [4.78, 5) is 19.2. The molecule has 2 aromatic rings. The number of carbonyl (C=O) groups is 1. The van der Waals surface area contributed by atoms with Crippen molar-refractivity contribution in [2.45, 2.75) is 46.0 Å². The predicted molar refractivity (Wildman–Crippen MR) is 84.2 cm³/mol. The lowest BCUT2D eigenvalue weighted by Gasteiger charge is -2.31. The molecule has 0 aromatic carbocycles. The molecule has 1 amide bonds. The summed E-state index contributed by atoms with van der Waals surface area (Å²) in [5.74, 6) is 1.55. The maximum atomic E-state index is 12.9. The van der Waals surface area contributed by atoms with Crippen LogP contribution < -0.4 is 0 Å². The van der Waals surface area contributed by atoms with Crippen LogP contribution in [0.1, 0.15) is 59.1 Å². The summed E-state index contributed by atoms with van der Waals surface area (Å²) < 4.78 is 7.12. The molecule has 1 unspecified atom stereocenters. The highest BCUT2D eigenvalue weighted by atomic mass is 16.5. The third-order valence-electron chi connectivity index (χ3n) is 4.58. The van der Waals surface area contributed by atoms with Gasteiger partial charge in [-0.1, -0.05) is 12.1 Å². The summed E-state index contributed by atoms with van der Waals surface area (Å²) in [7, 11) is 1.86. The summed E-state index contributed by atoms with van der Waals surface area (Å²) in [5.41, 5.74) is 2.40. The first-order chi connectivity index (χ1) is 11.0. The number of piperidine rings is 1. The highest BCUT2D eigenvalue weighted by molar-refractivity contribution is 5.96. The maximum absolute atomic E-state index is 12.9. The van der Waals surface area contributed by atoms with Gasteiger partial charge in [0.1, 0.15) is 0 Å². The van der Waals surface area contributed by atoms with Crippen LogP contribution >= 0.6 is 0 Å². The molecule has 1 saturated heterocycles. The smallest absolute Gasteiger partial charge is 0.257 e. The van der Waals surface area contributed by atoms with E-state index >= 15 is 0 Å². The Morgan fingerprint density at radius 1 is 1.39 bits per heavy atom. The number of hydrogen-bond donors (Lipinski definition) is 0. The lowest BCUT2D eigenvalue weighted by Crippen LogP contribution is -2.39. The summed E-state index contributed by atoms with van der Waals surface area (Å²) in [6.45, 7) is 7.20. The van der Waals surface area contributed by atoms with Crippen molar-refractivity contribution < 1.29 is 9.32 Å².